The molecule has 0 radical (unpaired) electrons. The highest BCUT2D eigenvalue weighted by Crippen LogP contribution is 2.26. The van der Waals surface area contributed by atoms with Crippen molar-refractivity contribution in [2.24, 2.45) is 0 Å². The molecule has 2 aromatic rings. The minimum absolute atomic E-state index is 0.000153. The van der Waals surface area contributed by atoms with Crippen LogP contribution in [0.4, 0.5) is 13.2 Å². The summed E-state index contributed by atoms with van der Waals surface area (Å²) in [5.41, 5.74) is 1.00. The minimum Gasteiger partial charge on any atom is -0.490 e. The van der Waals surface area contributed by atoms with E-state index in [-0.39, 0.29) is 49.3 Å². The lowest BCUT2D eigenvalue weighted by Gasteiger charge is -2.31. The van der Waals surface area contributed by atoms with Crippen LogP contribution in [0, 0.1) is 0 Å². The lowest BCUT2D eigenvalue weighted by Crippen LogP contribution is -2.39. The predicted molar refractivity (Wildman–Crippen MR) is 156 cm³/mol. The minimum atomic E-state index is -4.81. The van der Waals surface area contributed by atoms with E-state index in [0.29, 0.717) is 37.7 Å². The molecular formula is C31H38ClF3N2O6. The van der Waals surface area contributed by atoms with Gasteiger partial charge in [0.1, 0.15) is 30.4 Å². The largest absolute Gasteiger partial charge is 0.573 e. The van der Waals surface area contributed by atoms with Gasteiger partial charge in [0.05, 0.1) is 13.2 Å². The zero-order valence-corrected chi connectivity index (χ0v) is 25.0. The molecule has 1 aliphatic rings. The molecule has 0 N–H and O–H groups in total. The average Bonchev–Trinajstić information content (AvgIpc) is 2.98. The van der Waals surface area contributed by atoms with Gasteiger partial charge >= 0.3 is 6.36 Å². The first-order valence-electron chi connectivity index (χ1n) is 14.1. The monoisotopic (exact) mass is 626 g/mol. The van der Waals surface area contributed by atoms with E-state index in [0.717, 1.165) is 30.9 Å². The van der Waals surface area contributed by atoms with Crippen LogP contribution in [-0.2, 0) is 25.5 Å². The Morgan fingerprint density at radius 1 is 1.07 bits per heavy atom. The Hall–Kier alpha value is -3.41. The molecule has 236 valence electrons. The van der Waals surface area contributed by atoms with Gasteiger partial charge in [-0.3, -0.25) is 4.79 Å². The van der Waals surface area contributed by atoms with Crippen LogP contribution < -0.4 is 9.47 Å². The molecule has 43 heavy (non-hydrogen) atoms. The standard InChI is InChI=1S/C31H38ClF3N2O6/c1-4-36(16-8-18-42-29-11-5-6-17-41-29)30(38)23(2)37(22-25-12-14-26(32)15-13-25)24(3)39-19-20-40-27-9-7-10-28(21-27)43-31(33,34)35/h7,9-10,12-15,21,29H,2-6,8,11,16-20,22H2,1H3. The number of benzene rings is 2. The summed E-state index contributed by atoms with van der Waals surface area (Å²) in [5.74, 6) is -0.354. The molecule has 1 fully saturated rings. The number of ether oxygens (including phenoxy) is 5. The number of nitrogens with zero attached hydrogens (tertiary/aromatic N) is 2. The van der Waals surface area contributed by atoms with Gasteiger partial charge in [-0.15, -0.1) is 13.2 Å². The molecule has 1 aliphatic heterocycles. The summed E-state index contributed by atoms with van der Waals surface area (Å²) in [6.07, 6.45) is -1.37. The molecule has 12 heteroatoms. The SMILES string of the molecule is C=C(OCCOc1cccc(OC(F)(F)F)c1)N(Cc1ccc(Cl)cc1)C(=C)C(=O)N(CC)CCCOC1CCCCO1. The van der Waals surface area contributed by atoms with E-state index in [1.165, 1.54) is 18.2 Å². The van der Waals surface area contributed by atoms with Crippen LogP contribution >= 0.6 is 11.6 Å². The molecule has 1 heterocycles. The Bertz CT molecular complexity index is 1190. The van der Waals surface area contributed by atoms with E-state index < -0.39 is 12.1 Å². The summed E-state index contributed by atoms with van der Waals surface area (Å²) in [4.78, 5) is 16.7. The molecule has 0 bridgehead atoms. The number of carbonyl (C=O) groups excluding carboxylic acids is 1. The summed E-state index contributed by atoms with van der Waals surface area (Å²) in [6, 6.07) is 12.3. The average molecular weight is 627 g/mol. The number of rotatable bonds is 17. The lowest BCUT2D eigenvalue weighted by atomic mass is 10.2. The molecular weight excluding hydrogens is 589 g/mol. The first-order valence-corrected chi connectivity index (χ1v) is 14.5. The van der Waals surface area contributed by atoms with Gasteiger partial charge in [-0.1, -0.05) is 36.4 Å². The second-order valence-corrected chi connectivity index (χ2v) is 10.1. The second kappa shape index (κ2) is 17.0. The first kappa shape index (κ1) is 34.1. The molecule has 1 saturated heterocycles. The first-order chi connectivity index (χ1) is 20.6. The quantitative estimate of drug-likeness (QED) is 0.107. The Morgan fingerprint density at radius 3 is 2.49 bits per heavy atom. The third kappa shape index (κ3) is 12.0. The highest BCUT2D eigenvalue weighted by Gasteiger charge is 2.31. The smallest absolute Gasteiger partial charge is 0.490 e. The summed E-state index contributed by atoms with van der Waals surface area (Å²) < 4.78 is 64.2. The maximum absolute atomic E-state index is 13.5. The molecule has 0 aromatic heterocycles. The molecule has 3 rings (SSSR count). The van der Waals surface area contributed by atoms with E-state index in [9.17, 15) is 18.0 Å². The summed E-state index contributed by atoms with van der Waals surface area (Å²) in [7, 11) is 0. The van der Waals surface area contributed by atoms with Crippen LogP contribution in [0.25, 0.3) is 0 Å². The Morgan fingerprint density at radius 2 is 1.81 bits per heavy atom. The number of hydrogen-bond acceptors (Lipinski definition) is 7. The van der Waals surface area contributed by atoms with E-state index >= 15 is 0 Å². The van der Waals surface area contributed by atoms with Gasteiger partial charge in [-0.05, 0) is 69.0 Å². The van der Waals surface area contributed by atoms with Gasteiger partial charge in [0.15, 0.2) is 12.2 Å². The highest BCUT2D eigenvalue weighted by molar-refractivity contribution is 6.30. The summed E-state index contributed by atoms with van der Waals surface area (Å²) >= 11 is 6.04. The number of hydrogen-bond donors (Lipinski definition) is 0. The number of alkyl halides is 3. The number of amides is 1. The van der Waals surface area contributed by atoms with Crippen LogP contribution in [0.2, 0.25) is 5.02 Å². The molecule has 1 unspecified atom stereocenters. The Balaban J connectivity index is 1.57. The fourth-order valence-electron chi connectivity index (χ4n) is 4.28. The zero-order valence-electron chi connectivity index (χ0n) is 24.2. The van der Waals surface area contributed by atoms with E-state index in [1.54, 1.807) is 21.9 Å². The van der Waals surface area contributed by atoms with Crippen molar-refractivity contribution in [1.82, 2.24) is 9.80 Å². The van der Waals surface area contributed by atoms with Crippen LogP contribution in [-0.4, -0.2) is 67.9 Å². The van der Waals surface area contributed by atoms with E-state index in [2.05, 4.69) is 17.9 Å². The lowest BCUT2D eigenvalue weighted by molar-refractivity contribution is -0.274. The fourth-order valence-corrected chi connectivity index (χ4v) is 4.40. The fraction of sp³-hybridized carbons (Fsp3) is 0.452. The molecule has 0 aliphatic carbocycles. The molecule has 0 saturated carbocycles. The third-order valence-corrected chi connectivity index (χ3v) is 6.72. The van der Waals surface area contributed by atoms with E-state index in [1.807, 2.05) is 19.1 Å². The molecule has 8 nitrogen and oxygen atoms in total. The van der Waals surface area contributed by atoms with Crippen molar-refractivity contribution in [2.45, 2.75) is 51.8 Å². The Kier molecular flexibility index (Phi) is 13.5. The topological polar surface area (TPSA) is 69.7 Å². The van der Waals surface area contributed by atoms with Gasteiger partial charge in [-0.2, -0.15) is 0 Å². The maximum Gasteiger partial charge on any atom is 0.573 e. The second-order valence-electron chi connectivity index (χ2n) is 9.68. The summed E-state index contributed by atoms with van der Waals surface area (Å²) in [6.45, 7) is 12.3. The van der Waals surface area contributed by atoms with Crippen molar-refractivity contribution >= 4 is 17.5 Å². The van der Waals surface area contributed by atoms with Gasteiger partial charge in [0.2, 0.25) is 0 Å². The highest BCUT2D eigenvalue weighted by atomic mass is 35.5. The predicted octanol–water partition coefficient (Wildman–Crippen LogP) is 6.90. The van der Waals surface area contributed by atoms with Gasteiger partial charge < -0.3 is 33.5 Å². The van der Waals surface area contributed by atoms with Crippen LogP contribution in [0.5, 0.6) is 11.5 Å². The molecule has 0 spiro atoms. The van der Waals surface area contributed by atoms with Gasteiger partial charge in [-0.25, -0.2) is 0 Å². The number of carbonyl (C=O) groups is 1. The normalized spacial score (nSPS) is 15.0. The van der Waals surface area contributed by atoms with Crippen molar-refractivity contribution in [2.75, 3.05) is 39.5 Å². The zero-order chi connectivity index (χ0) is 31.2. The van der Waals surface area contributed by atoms with Gasteiger partial charge in [0, 0.05) is 30.8 Å². The van der Waals surface area contributed by atoms with Crippen molar-refractivity contribution in [3.05, 3.63) is 83.9 Å². The molecule has 2 aromatic carbocycles. The van der Waals surface area contributed by atoms with Crippen LogP contribution in [0.1, 0.15) is 38.2 Å². The third-order valence-electron chi connectivity index (χ3n) is 6.47. The number of likely N-dealkylation sites (N-methyl/N-ethyl adjacent to an activating group) is 1. The van der Waals surface area contributed by atoms with Gasteiger partial charge in [0.25, 0.3) is 5.91 Å². The van der Waals surface area contributed by atoms with Crippen molar-refractivity contribution < 1.29 is 41.7 Å². The van der Waals surface area contributed by atoms with Crippen molar-refractivity contribution in [3.8, 4) is 11.5 Å². The molecule has 1 atom stereocenters. The van der Waals surface area contributed by atoms with Crippen LogP contribution in [0.15, 0.2) is 73.3 Å². The molecule has 1 amide bonds. The van der Waals surface area contributed by atoms with Crippen molar-refractivity contribution in [3.63, 3.8) is 0 Å². The van der Waals surface area contributed by atoms with Crippen LogP contribution in [0.3, 0.4) is 0 Å². The summed E-state index contributed by atoms with van der Waals surface area (Å²) in [5, 5.41) is 0.570. The Labute approximate surface area is 255 Å². The van der Waals surface area contributed by atoms with Crippen molar-refractivity contribution in [1.29, 1.82) is 0 Å². The maximum atomic E-state index is 13.5. The number of halogens is 4. The van der Waals surface area contributed by atoms with E-state index in [4.69, 9.17) is 30.5 Å².